The fourth-order valence-electron chi connectivity index (χ4n) is 2.29. The van der Waals surface area contributed by atoms with Gasteiger partial charge in [0.25, 0.3) is 0 Å². The third kappa shape index (κ3) is 2.59. The fourth-order valence-corrected chi connectivity index (χ4v) is 2.29. The fraction of sp³-hybridized carbons (Fsp3) is 0.286. The number of hydrogen-bond donors (Lipinski definition) is 2. The standard InChI is InChI=1S/C14H15NO4/c1-9-8-12(16)14(17)13-10(4-2-6-11(9)13)5-3-7-15(18)19/h2,4,6,8,16-17H,3,5,7H2,1H3. The largest absolute Gasteiger partial charge is 0.504 e. The van der Waals surface area contributed by atoms with Crippen LogP contribution in [0, 0.1) is 17.0 Å². The van der Waals surface area contributed by atoms with Gasteiger partial charge in [0.15, 0.2) is 11.5 Å². The summed E-state index contributed by atoms with van der Waals surface area (Å²) in [5.74, 6) is -0.316. The van der Waals surface area contributed by atoms with Gasteiger partial charge < -0.3 is 10.2 Å². The molecule has 2 aromatic carbocycles. The molecule has 19 heavy (non-hydrogen) atoms. The molecule has 0 fully saturated rings. The topological polar surface area (TPSA) is 83.6 Å². The van der Waals surface area contributed by atoms with E-state index < -0.39 is 0 Å². The zero-order valence-electron chi connectivity index (χ0n) is 10.6. The minimum atomic E-state index is -0.353. The summed E-state index contributed by atoms with van der Waals surface area (Å²) in [5, 5.41) is 31.5. The molecule has 2 N–H and O–H groups in total. The average molecular weight is 261 g/mol. The number of fused-ring (bicyclic) bond motifs is 1. The smallest absolute Gasteiger partial charge is 0.204 e. The van der Waals surface area contributed by atoms with Crippen LogP contribution in [-0.4, -0.2) is 21.7 Å². The Balaban J connectivity index is 2.46. The first-order chi connectivity index (χ1) is 9.00. The number of hydrogen-bond acceptors (Lipinski definition) is 4. The zero-order valence-corrected chi connectivity index (χ0v) is 10.6. The number of aromatic hydroxyl groups is 2. The van der Waals surface area contributed by atoms with Crippen molar-refractivity contribution in [2.75, 3.05) is 6.54 Å². The lowest BCUT2D eigenvalue weighted by Gasteiger charge is -2.11. The van der Waals surface area contributed by atoms with E-state index in [4.69, 9.17) is 0 Å². The van der Waals surface area contributed by atoms with E-state index in [9.17, 15) is 20.3 Å². The Morgan fingerprint density at radius 3 is 2.74 bits per heavy atom. The van der Waals surface area contributed by atoms with E-state index in [1.165, 1.54) is 6.07 Å². The summed E-state index contributed by atoms with van der Waals surface area (Å²) in [6.45, 7) is 1.75. The lowest BCUT2D eigenvalue weighted by Crippen LogP contribution is -2.02. The van der Waals surface area contributed by atoms with Crippen LogP contribution in [0.2, 0.25) is 0 Å². The minimum absolute atomic E-state index is 0.102. The molecule has 0 aliphatic carbocycles. The van der Waals surface area contributed by atoms with Crippen molar-refractivity contribution in [1.82, 2.24) is 0 Å². The monoisotopic (exact) mass is 261 g/mol. The maximum Gasteiger partial charge on any atom is 0.204 e. The molecule has 0 radical (unpaired) electrons. The number of nitro groups is 1. The lowest BCUT2D eigenvalue weighted by molar-refractivity contribution is -0.480. The Hall–Kier alpha value is -2.30. The first-order valence-corrected chi connectivity index (χ1v) is 6.05. The van der Waals surface area contributed by atoms with Crippen LogP contribution in [0.3, 0.4) is 0 Å². The van der Waals surface area contributed by atoms with Crippen LogP contribution in [0.15, 0.2) is 24.3 Å². The van der Waals surface area contributed by atoms with Crippen molar-refractivity contribution in [3.05, 3.63) is 45.5 Å². The first-order valence-electron chi connectivity index (χ1n) is 6.05. The number of rotatable bonds is 4. The molecule has 5 nitrogen and oxygen atoms in total. The van der Waals surface area contributed by atoms with Gasteiger partial charge in [-0.1, -0.05) is 18.2 Å². The SMILES string of the molecule is Cc1cc(O)c(O)c2c(CCC[N+](=O)[O-])cccc12. The predicted molar refractivity (Wildman–Crippen MR) is 72.2 cm³/mol. The Bertz CT molecular complexity index is 637. The summed E-state index contributed by atoms with van der Waals surface area (Å²) >= 11 is 0. The van der Waals surface area contributed by atoms with E-state index in [-0.39, 0.29) is 23.0 Å². The van der Waals surface area contributed by atoms with Crippen LogP contribution in [0.25, 0.3) is 10.8 Å². The highest BCUT2D eigenvalue weighted by atomic mass is 16.6. The van der Waals surface area contributed by atoms with Crippen LogP contribution in [0.1, 0.15) is 17.5 Å². The molecule has 0 saturated carbocycles. The van der Waals surface area contributed by atoms with E-state index in [2.05, 4.69) is 0 Å². The van der Waals surface area contributed by atoms with Crippen molar-refractivity contribution in [3.63, 3.8) is 0 Å². The molecule has 0 bridgehead atoms. The van der Waals surface area contributed by atoms with Gasteiger partial charge in [0.2, 0.25) is 6.54 Å². The van der Waals surface area contributed by atoms with Crippen molar-refractivity contribution in [3.8, 4) is 11.5 Å². The third-order valence-electron chi connectivity index (χ3n) is 3.20. The van der Waals surface area contributed by atoms with Gasteiger partial charge in [0.05, 0.1) is 0 Å². The van der Waals surface area contributed by atoms with Crippen LogP contribution < -0.4 is 0 Å². The normalized spacial score (nSPS) is 10.8. The quantitative estimate of drug-likeness (QED) is 0.503. The number of benzene rings is 2. The zero-order chi connectivity index (χ0) is 14.0. The maximum absolute atomic E-state index is 10.3. The summed E-state index contributed by atoms with van der Waals surface area (Å²) in [5.41, 5.74) is 1.68. The van der Waals surface area contributed by atoms with E-state index in [0.717, 1.165) is 16.5 Å². The average Bonchev–Trinajstić information content (AvgIpc) is 2.35. The number of phenolic OH excluding ortho intramolecular Hbond substituents is 2. The second-order valence-corrected chi connectivity index (χ2v) is 4.56. The molecule has 0 aromatic heterocycles. The van der Waals surface area contributed by atoms with Gasteiger partial charge in [0, 0.05) is 16.7 Å². The number of aryl methyl sites for hydroxylation is 2. The van der Waals surface area contributed by atoms with Crippen LogP contribution in [0.5, 0.6) is 11.5 Å². The summed E-state index contributed by atoms with van der Waals surface area (Å²) in [6.07, 6.45) is 0.898. The van der Waals surface area contributed by atoms with Gasteiger partial charge in [-0.05, 0) is 35.9 Å². The maximum atomic E-state index is 10.3. The molecule has 0 aliphatic heterocycles. The van der Waals surface area contributed by atoms with E-state index >= 15 is 0 Å². The molecule has 0 saturated heterocycles. The Labute approximate surface area is 110 Å². The highest BCUT2D eigenvalue weighted by molar-refractivity contribution is 5.95. The molecule has 0 spiro atoms. The molecule has 100 valence electrons. The Kier molecular flexibility index (Phi) is 3.55. The Morgan fingerprint density at radius 2 is 2.05 bits per heavy atom. The van der Waals surface area contributed by atoms with Crippen molar-refractivity contribution < 1.29 is 15.1 Å². The third-order valence-corrected chi connectivity index (χ3v) is 3.20. The van der Waals surface area contributed by atoms with E-state index in [0.29, 0.717) is 18.2 Å². The van der Waals surface area contributed by atoms with E-state index in [1.54, 1.807) is 0 Å². The van der Waals surface area contributed by atoms with Crippen molar-refractivity contribution >= 4 is 10.8 Å². The number of phenols is 2. The second-order valence-electron chi connectivity index (χ2n) is 4.56. The van der Waals surface area contributed by atoms with Crippen LogP contribution in [-0.2, 0) is 6.42 Å². The highest BCUT2D eigenvalue weighted by Gasteiger charge is 2.12. The van der Waals surface area contributed by atoms with Crippen LogP contribution >= 0.6 is 0 Å². The molecule has 0 unspecified atom stereocenters. The lowest BCUT2D eigenvalue weighted by atomic mass is 9.96. The van der Waals surface area contributed by atoms with Crippen molar-refractivity contribution in [2.24, 2.45) is 0 Å². The summed E-state index contributed by atoms with van der Waals surface area (Å²) in [6, 6.07) is 7.05. The number of nitrogens with zero attached hydrogens (tertiary/aromatic N) is 1. The molecule has 5 heteroatoms. The first kappa shape index (κ1) is 13.1. The van der Waals surface area contributed by atoms with Gasteiger partial charge in [0.1, 0.15) is 0 Å². The summed E-state index contributed by atoms with van der Waals surface area (Å²) in [4.78, 5) is 9.99. The molecular formula is C14H15NO4. The van der Waals surface area contributed by atoms with Crippen molar-refractivity contribution in [2.45, 2.75) is 19.8 Å². The molecule has 0 heterocycles. The molecule has 2 aromatic rings. The van der Waals surface area contributed by atoms with E-state index in [1.807, 2.05) is 25.1 Å². The molecular weight excluding hydrogens is 246 g/mol. The molecule has 0 aliphatic rings. The summed E-state index contributed by atoms with van der Waals surface area (Å²) in [7, 11) is 0. The predicted octanol–water partition coefficient (Wildman–Crippen LogP) is 2.77. The summed E-state index contributed by atoms with van der Waals surface area (Å²) < 4.78 is 0. The van der Waals surface area contributed by atoms with Gasteiger partial charge in [-0.3, -0.25) is 10.1 Å². The molecule has 0 atom stereocenters. The minimum Gasteiger partial charge on any atom is -0.504 e. The molecule has 0 amide bonds. The molecule has 2 rings (SSSR count). The van der Waals surface area contributed by atoms with Crippen LogP contribution in [0.4, 0.5) is 0 Å². The highest BCUT2D eigenvalue weighted by Crippen LogP contribution is 2.38. The van der Waals surface area contributed by atoms with Crippen molar-refractivity contribution in [1.29, 1.82) is 0 Å². The second kappa shape index (κ2) is 5.14. The van der Waals surface area contributed by atoms with Gasteiger partial charge in [-0.25, -0.2) is 0 Å². The van der Waals surface area contributed by atoms with Gasteiger partial charge >= 0.3 is 0 Å². The van der Waals surface area contributed by atoms with Gasteiger partial charge in [-0.2, -0.15) is 0 Å². The van der Waals surface area contributed by atoms with Gasteiger partial charge in [-0.15, -0.1) is 0 Å². The Morgan fingerprint density at radius 1 is 1.32 bits per heavy atom.